The second-order valence-corrected chi connectivity index (χ2v) is 5.93. The average molecular weight is 404 g/mol. The van der Waals surface area contributed by atoms with Crippen LogP contribution in [0.2, 0.25) is 0 Å². The molecule has 0 fully saturated rings. The lowest BCUT2D eigenvalue weighted by Crippen LogP contribution is -2.18. The number of carbonyl (C=O) groups excluding carboxylic acids is 1. The zero-order valence-corrected chi connectivity index (χ0v) is 15.2. The quantitative estimate of drug-likeness (QED) is 0.330. The number of fused-ring (bicyclic) bond motifs is 1. The van der Waals surface area contributed by atoms with Crippen LogP contribution in [0.25, 0.3) is 5.65 Å². The molecular weight excluding hydrogens is 387 g/mol. The molecule has 0 saturated heterocycles. The van der Waals surface area contributed by atoms with Crippen molar-refractivity contribution in [1.29, 1.82) is 0 Å². The third-order valence-corrected chi connectivity index (χ3v) is 3.94. The molecule has 1 unspecified atom stereocenters. The third kappa shape index (κ3) is 4.66. The summed E-state index contributed by atoms with van der Waals surface area (Å²) >= 11 is 0. The van der Waals surface area contributed by atoms with Gasteiger partial charge in [-0.1, -0.05) is 0 Å². The molecule has 1 amide bonds. The Kier molecular flexibility index (Phi) is 5.71. The summed E-state index contributed by atoms with van der Waals surface area (Å²) in [6.45, 7) is 1.72. The number of carbonyl (C=O) groups is 1. The number of halogens is 1. The van der Waals surface area contributed by atoms with Crippen LogP contribution in [0.1, 0.15) is 18.5 Å². The molecule has 0 aliphatic rings. The molecule has 11 nitrogen and oxygen atoms in total. The fourth-order valence-corrected chi connectivity index (χ4v) is 2.65. The Morgan fingerprint density at radius 1 is 1.41 bits per heavy atom. The van der Waals surface area contributed by atoms with Crippen LogP contribution in [-0.2, 0) is 4.74 Å². The molecule has 3 rings (SSSR count). The maximum absolute atomic E-state index is 13.8. The molecule has 3 aromatic rings. The Morgan fingerprint density at radius 2 is 2.21 bits per heavy atom. The van der Waals surface area contributed by atoms with Crippen molar-refractivity contribution in [2.75, 3.05) is 18.5 Å². The Hall–Kier alpha value is -3.96. The van der Waals surface area contributed by atoms with E-state index in [1.807, 2.05) is 0 Å². The van der Waals surface area contributed by atoms with Crippen LogP contribution in [0.15, 0.2) is 36.7 Å². The van der Waals surface area contributed by atoms with E-state index < -0.39 is 22.9 Å². The molecule has 1 atom stereocenters. The van der Waals surface area contributed by atoms with Crippen molar-refractivity contribution in [3.05, 3.63) is 58.2 Å². The molecular formula is C17H17FN6O5. The maximum atomic E-state index is 13.8. The van der Waals surface area contributed by atoms with E-state index in [4.69, 9.17) is 10.5 Å². The van der Waals surface area contributed by atoms with Crippen molar-refractivity contribution in [3.63, 3.8) is 0 Å². The number of nitrogens with zero attached hydrogens (tertiary/aromatic N) is 4. The van der Waals surface area contributed by atoms with Crippen LogP contribution in [0.3, 0.4) is 0 Å². The average Bonchev–Trinajstić information content (AvgIpc) is 3.09. The molecule has 29 heavy (non-hydrogen) atoms. The normalized spacial score (nSPS) is 11.8. The van der Waals surface area contributed by atoms with E-state index in [1.54, 1.807) is 13.0 Å². The Morgan fingerprint density at radius 3 is 2.93 bits per heavy atom. The van der Waals surface area contributed by atoms with Gasteiger partial charge in [-0.25, -0.2) is 18.7 Å². The van der Waals surface area contributed by atoms with E-state index >= 15 is 0 Å². The summed E-state index contributed by atoms with van der Waals surface area (Å²) in [5.41, 5.74) is 5.21. The van der Waals surface area contributed by atoms with Gasteiger partial charge in [0.25, 0.3) is 0 Å². The van der Waals surface area contributed by atoms with Crippen molar-refractivity contribution in [2.45, 2.75) is 13.0 Å². The van der Waals surface area contributed by atoms with Gasteiger partial charge in [0.1, 0.15) is 36.8 Å². The Bertz CT molecular complexity index is 1060. The number of nitrogens with two attached hydrogens (primary N) is 1. The lowest BCUT2D eigenvalue weighted by molar-refractivity contribution is -0.383. The van der Waals surface area contributed by atoms with Gasteiger partial charge < -0.3 is 20.5 Å². The van der Waals surface area contributed by atoms with E-state index in [1.165, 1.54) is 28.9 Å². The molecule has 0 bridgehead atoms. The van der Waals surface area contributed by atoms with Crippen molar-refractivity contribution in [2.24, 2.45) is 5.73 Å². The number of nitrogens with one attached hydrogen (secondary N) is 1. The number of amides is 1. The second-order valence-electron chi connectivity index (χ2n) is 5.93. The van der Waals surface area contributed by atoms with Crippen molar-refractivity contribution < 1.29 is 23.6 Å². The molecule has 12 heteroatoms. The largest absolute Gasteiger partial charge is 0.490 e. The Labute approximate surface area is 163 Å². The van der Waals surface area contributed by atoms with Gasteiger partial charge in [-0.05, 0) is 31.2 Å². The van der Waals surface area contributed by atoms with E-state index in [0.717, 1.165) is 6.20 Å². The van der Waals surface area contributed by atoms with Crippen LogP contribution < -0.4 is 15.8 Å². The third-order valence-electron chi connectivity index (χ3n) is 3.94. The molecule has 2 aromatic heterocycles. The standard InChI is InChI=1S/C17H17FN6O5/c1-10(12-8-11(18)2-3-14(12)28-6-7-29-17(19)25)21-15-4-5-23-16(22-15)13(9-20-23)24(26)27/h2-5,8-10H,6-7H2,1H3,(H2,19,25)(H,21,22). The topological polar surface area (TPSA) is 147 Å². The molecule has 2 heterocycles. The number of ether oxygens (including phenoxy) is 2. The van der Waals surface area contributed by atoms with Crippen LogP contribution in [0, 0.1) is 15.9 Å². The number of hydrogen-bond acceptors (Lipinski definition) is 8. The SMILES string of the molecule is CC(Nc1ccn2ncc([N+](=O)[O-])c2n1)c1cc(F)ccc1OCCOC(N)=O. The number of hydrogen-bond donors (Lipinski definition) is 2. The zero-order chi connectivity index (χ0) is 21.0. The number of benzene rings is 1. The number of aromatic nitrogens is 3. The zero-order valence-electron chi connectivity index (χ0n) is 15.2. The maximum Gasteiger partial charge on any atom is 0.404 e. The van der Waals surface area contributed by atoms with Gasteiger partial charge in [-0.3, -0.25) is 10.1 Å². The highest BCUT2D eigenvalue weighted by Crippen LogP contribution is 2.29. The first-order chi connectivity index (χ1) is 13.8. The van der Waals surface area contributed by atoms with Gasteiger partial charge >= 0.3 is 11.8 Å². The first-order valence-electron chi connectivity index (χ1n) is 8.45. The summed E-state index contributed by atoms with van der Waals surface area (Å²) in [7, 11) is 0. The van der Waals surface area contributed by atoms with Crippen molar-refractivity contribution >= 4 is 23.2 Å². The van der Waals surface area contributed by atoms with Gasteiger partial charge in [0.2, 0.25) is 5.65 Å². The summed E-state index contributed by atoms with van der Waals surface area (Å²) in [6, 6.07) is 5.10. The molecule has 3 N–H and O–H groups in total. The highest BCUT2D eigenvalue weighted by atomic mass is 19.1. The minimum Gasteiger partial charge on any atom is -0.490 e. The summed E-state index contributed by atoms with van der Waals surface area (Å²) in [5.74, 6) is 0.237. The van der Waals surface area contributed by atoms with Crippen LogP contribution >= 0.6 is 0 Å². The first kappa shape index (κ1) is 19.8. The van der Waals surface area contributed by atoms with Gasteiger partial charge in [0.15, 0.2) is 0 Å². The first-order valence-corrected chi connectivity index (χ1v) is 8.45. The summed E-state index contributed by atoms with van der Waals surface area (Å²) in [4.78, 5) is 25.3. The van der Waals surface area contributed by atoms with Crippen LogP contribution in [0.4, 0.5) is 20.7 Å². The summed E-state index contributed by atoms with van der Waals surface area (Å²) in [6.07, 6.45) is 1.72. The van der Waals surface area contributed by atoms with Crippen LogP contribution in [-0.4, -0.2) is 38.8 Å². The molecule has 1 aromatic carbocycles. The highest BCUT2D eigenvalue weighted by Gasteiger charge is 2.18. The van der Waals surface area contributed by atoms with Crippen LogP contribution in [0.5, 0.6) is 5.75 Å². The minimum atomic E-state index is -0.918. The summed E-state index contributed by atoms with van der Waals surface area (Å²) < 4.78 is 25.2. The fourth-order valence-electron chi connectivity index (χ4n) is 2.65. The summed E-state index contributed by atoms with van der Waals surface area (Å²) in [5, 5.41) is 18.0. The van der Waals surface area contributed by atoms with Gasteiger partial charge in [-0.15, -0.1) is 0 Å². The van der Waals surface area contributed by atoms with Crippen molar-refractivity contribution in [3.8, 4) is 5.75 Å². The number of nitro groups is 1. The molecule has 0 radical (unpaired) electrons. The van der Waals surface area contributed by atoms with Gasteiger partial charge in [-0.2, -0.15) is 5.10 Å². The van der Waals surface area contributed by atoms with Gasteiger partial charge in [0.05, 0.1) is 11.0 Å². The second kappa shape index (κ2) is 8.37. The van der Waals surface area contributed by atoms with E-state index in [-0.39, 0.29) is 24.5 Å². The Balaban J connectivity index is 1.79. The predicted molar refractivity (Wildman–Crippen MR) is 99.1 cm³/mol. The lowest BCUT2D eigenvalue weighted by Gasteiger charge is -2.19. The predicted octanol–water partition coefficient (Wildman–Crippen LogP) is 2.42. The smallest absolute Gasteiger partial charge is 0.404 e. The lowest BCUT2D eigenvalue weighted by atomic mass is 10.1. The number of anilines is 1. The van der Waals surface area contributed by atoms with Gasteiger partial charge in [0, 0.05) is 11.8 Å². The molecule has 152 valence electrons. The minimum absolute atomic E-state index is 0.0283. The molecule has 0 spiro atoms. The molecule has 0 aliphatic heterocycles. The fraction of sp³-hybridized carbons (Fsp3) is 0.235. The molecule has 0 aliphatic carbocycles. The van der Waals surface area contributed by atoms with E-state index in [2.05, 4.69) is 20.1 Å². The van der Waals surface area contributed by atoms with E-state index in [0.29, 0.717) is 17.1 Å². The molecule has 0 saturated carbocycles. The highest BCUT2D eigenvalue weighted by molar-refractivity contribution is 5.64. The van der Waals surface area contributed by atoms with Crippen molar-refractivity contribution in [1.82, 2.24) is 14.6 Å². The number of primary amides is 1. The monoisotopic (exact) mass is 404 g/mol. The van der Waals surface area contributed by atoms with E-state index in [9.17, 15) is 19.3 Å². The number of rotatable bonds is 8.